The number of methoxy groups -OCH3 is 1. The van der Waals surface area contributed by atoms with E-state index in [0.717, 1.165) is 12.7 Å². The number of amides is 1. The van der Waals surface area contributed by atoms with E-state index in [-0.39, 0.29) is 16.5 Å². The number of carbonyl (C=O) groups excluding carboxylic acids is 1. The molecule has 0 aliphatic rings. The van der Waals surface area contributed by atoms with Gasteiger partial charge in [0.2, 0.25) is 0 Å². The predicted molar refractivity (Wildman–Crippen MR) is 151 cm³/mol. The minimum atomic E-state index is -4.60. The molecule has 0 saturated heterocycles. The van der Waals surface area contributed by atoms with Crippen LogP contribution in [0.15, 0.2) is 67.3 Å². The van der Waals surface area contributed by atoms with Crippen LogP contribution in [-0.4, -0.2) is 66.7 Å². The van der Waals surface area contributed by atoms with Crippen LogP contribution in [0.25, 0.3) is 22.2 Å². The molecule has 1 N–H and O–H groups in total. The molecule has 2 heterocycles. The molecule has 0 aliphatic carbocycles. The standard InChI is InChI=1S/C29H30F4N6O2/c1-18(30)28(40)36-23-14-19(26(41-5)16-25(23)38(4)13-12-37(2)3)15-27-34-11-10-22(35-27)21-17-39(29(31,32)33)24-9-7-6-8-20(21)24/h6-11,14,16-17H,1,12-13,15H2,2-5H3,(H,36,40). The maximum absolute atomic E-state index is 13.7. The van der Waals surface area contributed by atoms with Gasteiger partial charge in [-0.1, -0.05) is 24.8 Å². The average molecular weight is 571 g/mol. The van der Waals surface area contributed by atoms with Crippen LogP contribution < -0.4 is 15.0 Å². The van der Waals surface area contributed by atoms with Crippen molar-refractivity contribution in [3.63, 3.8) is 0 Å². The maximum atomic E-state index is 13.7. The summed E-state index contributed by atoms with van der Waals surface area (Å²) in [5, 5.41) is 2.95. The third kappa shape index (κ3) is 6.65. The van der Waals surface area contributed by atoms with Gasteiger partial charge in [0.05, 0.1) is 29.7 Å². The van der Waals surface area contributed by atoms with Gasteiger partial charge in [-0.25, -0.2) is 14.4 Å². The van der Waals surface area contributed by atoms with E-state index >= 15 is 0 Å². The zero-order valence-electron chi connectivity index (χ0n) is 23.1. The van der Waals surface area contributed by atoms with Crippen molar-refractivity contribution >= 4 is 28.2 Å². The molecule has 2 aromatic heterocycles. The normalized spacial score (nSPS) is 11.6. The van der Waals surface area contributed by atoms with Crippen LogP contribution in [0.2, 0.25) is 0 Å². The first-order valence-electron chi connectivity index (χ1n) is 12.6. The summed E-state index contributed by atoms with van der Waals surface area (Å²) in [5.74, 6) is -1.34. The molecule has 216 valence electrons. The highest BCUT2D eigenvalue weighted by molar-refractivity contribution is 6.04. The second-order valence-electron chi connectivity index (χ2n) is 9.70. The number of likely N-dealkylation sites (N-methyl/N-ethyl adjacent to an activating group) is 2. The molecule has 41 heavy (non-hydrogen) atoms. The number of aromatic nitrogens is 3. The average Bonchev–Trinajstić information content (AvgIpc) is 3.32. The van der Waals surface area contributed by atoms with Crippen LogP contribution in [0.5, 0.6) is 5.75 Å². The second-order valence-corrected chi connectivity index (χ2v) is 9.70. The lowest BCUT2D eigenvalue weighted by molar-refractivity contribution is -0.200. The number of para-hydroxylation sites is 1. The Kier molecular flexibility index (Phi) is 8.62. The van der Waals surface area contributed by atoms with Crippen molar-refractivity contribution in [2.24, 2.45) is 0 Å². The van der Waals surface area contributed by atoms with Gasteiger partial charge in [0.15, 0.2) is 5.83 Å². The van der Waals surface area contributed by atoms with Gasteiger partial charge in [-0.2, -0.15) is 0 Å². The molecule has 0 radical (unpaired) electrons. The van der Waals surface area contributed by atoms with Crippen molar-refractivity contribution in [1.29, 1.82) is 0 Å². The fourth-order valence-electron chi connectivity index (χ4n) is 4.42. The van der Waals surface area contributed by atoms with E-state index in [0.29, 0.717) is 51.7 Å². The molecule has 0 fully saturated rings. The molecule has 0 aliphatic heterocycles. The Morgan fingerprint density at radius 3 is 2.51 bits per heavy atom. The minimum Gasteiger partial charge on any atom is -0.496 e. The lowest BCUT2D eigenvalue weighted by Gasteiger charge is -2.26. The Hall–Kier alpha value is -4.45. The molecular formula is C29H30F4N6O2. The molecule has 2 aromatic carbocycles. The maximum Gasteiger partial charge on any atom is 0.488 e. The van der Waals surface area contributed by atoms with E-state index in [2.05, 4.69) is 21.9 Å². The zero-order valence-corrected chi connectivity index (χ0v) is 23.1. The molecule has 0 spiro atoms. The molecule has 12 heteroatoms. The highest BCUT2D eigenvalue weighted by atomic mass is 19.4. The van der Waals surface area contributed by atoms with Crippen molar-refractivity contribution in [3.8, 4) is 17.0 Å². The van der Waals surface area contributed by atoms with Gasteiger partial charge in [-0.3, -0.25) is 9.36 Å². The first-order valence-corrected chi connectivity index (χ1v) is 12.6. The number of hydrogen-bond acceptors (Lipinski definition) is 6. The number of ether oxygens (including phenoxy) is 1. The smallest absolute Gasteiger partial charge is 0.488 e. The van der Waals surface area contributed by atoms with Gasteiger partial charge in [0, 0.05) is 61.5 Å². The molecule has 0 bridgehead atoms. The van der Waals surface area contributed by atoms with Crippen molar-refractivity contribution in [1.82, 2.24) is 19.4 Å². The monoisotopic (exact) mass is 570 g/mol. The first-order chi connectivity index (χ1) is 19.4. The van der Waals surface area contributed by atoms with E-state index in [1.54, 1.807) is 36.4 Å². The van der Waals surface area contributed by atoms with Gasteiger partial charge < -0.3 is 19.9 Å². The van der Waals surface area contributed by atoms with Crippen molar-refractivity contribution in [2.45, 2.75) is 12.7 Å². The summed E-state index contributed by atoms with van der Waals surface area (Å²) in [5.41, 5.74) is 2.13. The largest absolute Gasteiger partial charge is 0.496 e. The second kappa shape index (κ2) is 12.0. The summed E-state index contributed by atoms with van der Waals surface area (Å²) in [6, 6.07) is 11.1. The third-order valence-electron chi connectivity index (χ3n) is 6.50. The van der Waals surface area contributed by atoms with Crippen molar-refractivity contribution < 1.29 is 27.1 Å². The van der Waals surface area contributed by atoms with E-state index in [9.17, 15) is 22.4 Å². The lowest BCUT2D eigenvalue weighted by Crippen LogP contribution is -2.29. The summed E-state index contributed by atoms with van der Waals surface area (Å²) in [6.07, 6.45) is -1.99. The van der Waals surface area contributed by atoms with Gasteiger partial charge in [0.1, 0.15) is 11.6 Å². The fourth-order valence-corrected chi connectivity index (χ4v) is 4.42. The van der Waals surface area contributed by atoms with Crippen LogP contribution in [-0.2, 0) is 17.5 Å². The highest BCUT2D eigenvalue weighted by Gasteiger charge is 2.33. The number of halogens is 4. The Labute approximate surface area is 234 Å². The fraction of sp³-hybridized carbons (Fsp3) is 0.276. The quantitative estimate of drug-likeness (QED) is 0.198. The highest BCUT2D eigenvalue weighted by Crippen LogP contribution is 2.37. The number of nitrogens with zero attached hydrogens (tertiary/aromatic N) is 5. The molecule has 8 nitrogen and oxygen atoms in total. The van der Waals surface area contributed by atoms with Crippen LogP contribution in [0, 0.1) is 0 Å². The molecule has 0 atom stereocenters. The summed E-state index contributed by atoms with van der Waals surface area (Å²) in [4.78, 5) is 25.0. The van der Waals surface area contributed by atoms with Gasteiger partial charge >= 0.3 is 6.30 Å². The van der Waals surface area contributed by atoms with E-state index in [1.165, 1.54) is 19.4 Å². The third-order valence-corrected chi connectivity index (χ3v) is 6.50. The van der Waals surface area contributed by atoms with Crippen LogP contribution in [0.1, 0.15) is 11.4 Å². The Bertz CT molecular complexity index is 1580. The van der Waals surface area contributed by atoms with Crippen LogP contribution >= 0.6 is 0 Å². The Morgan fingerprint density at radius 1 is 1.12 bits per heavy atom. The van der Waals surface area contributed by atoms with Crippen molar-refractivity contribution in [3.05, 3.63) is 78.7 Å². The molecule has 0 unspecified atom stereocenters. The summed E-state index contributed by atoms with van der Waals surface area (Å²) in [7, 11) is 7.19. The SMILES string of the molecule is C=C(F)C(=O)Nc1cc(Cc2nccc(-c3cn(C(F)(F)F)c4ccccc34)n2)c(OC)cc1N(C)CCN(C)C. The Balaban J connectivity index is 1.74. The number of rotatable bonds is 10. The summed E-state index contributed by atoms with van der Waals surface area (Å²) < 4.78 is 60.6. The van der Waals surface area contributed by atoms with E-state index < -0.39 is 18.0 Å². The van der Waals surface area contributed by atoms with Crippen LogP contribution in [0.3, 0.4) is 0 Å². The number of benzene rings is 2. The topological polar surface area (TPSA) is 75.5 Å². The number of fused-ring (bicyclic) bond motifs is 1. The molecular weight excluding hydrogens is 540 g/mol. The number of anilines is 2. The summed E-state index contributed by atoms with van der Waals surface area (Å²) >= 11 is 0. The van der Waals surface area contributed by atoms with Crippen LogP contribution in [0.4, 0.5) is 28.9 Å². The summed E-state index contributed by atoms with van der Waals surface area (Å²) in [6.45, 7) is 4.39. The van der Waals surface area contributed by atoms with E-state index in [1.807, 2.05) is 30.9 Å². The van der Waals surface area contributed by atoms with Gasteiger partial charge in [-0.05, 0) is 32.3 Å². The lowest BCUT2D eigenvalue weighted by atomic mass is 10.1. The number of nitrogens with one attached hydrogen (secondary N) is 1. The predicted octanol–water partition coefficient (Wildman–Crippen LogP) is 5.59. The molecule has 1 amide bonds. The van der Waals surface area contributed by atoms with Gasteiger partial charge in [-0.15, -0.1) is 13.2 Å². The number of carbonyl (C=O) groups is 1. The zero-order chi connectivity index (χ0) is 29.9. The first kappa shape index (κ1) is 29.5. The number of alkyl halides is 3. The molecule has 4 rings (SSSR count). The van der Waals surface area contributed by atoms with Crippen molar-refractivity contribution in [2.75, 3.05) is 51.6 Å². The number of hydrogen-bond donors (Lipinski definition) is 1. The minimum absolute atomic E-state index is 0.0145. The molecule has 0 saturated carbocycles. The van der Waals surface area contributed by atoms with E-state index in [4.69, 9.17) is 4.74 Å². The van der Waals surface area contributed by atoms with Gasteiger partial charge in [0.25, 0.3) is 5.91 Å². The Morgan fingerprint density at radius 2 is 1.85 bits per heavy atom. The molecule has 4 aromatic rings.